The molecule has 6 aromatic rings. The average Bonchev–Trinajstić information content (AvgIpc) is 3.00. The van der Waals surface area contributed by atoms with Gasteiger partial charge in [0.2, 0.25) is 0 Å². The molecular formula is C34H26N3+. The highest BCUT2D eigenvalue weighted by molar-refractivity contribution is 5.82. The quantitative estimate of drug-likeness (QED) is 0.224. The van der Waals surface area contributed by atoms with Gasteiger partial charge in [0.15, 0.2) is 0 Å². The van der Waals surface area contributed by atoms with E-state index in [0.29, 0.717) is 4.48 Å². The van der Waals surface area contributed by atoms with Crippen LogP contribution >= 0.6 is 0 Å². The van der Waals surface area contributed by atoms with E-state index in [1.54, 1.807) is 6.33 Å². The fourth-order valence-electron chi connectivity index (χ4n) is 4.99. The zero-order valence-corrected chi connectivity index (χ0v) is 20.4. The van der Waals surface area contributed by atoms with Gasteiger partial charge in [-0.15, -0.1) is 0 Å². The van der Waals surface area contributed by atoms with Crippen molar-refractivity contribution in [2.75, 3.05) is 0 Å². The molecule has 0 unspecified atom stereocenters. The van der Waals surface area contributed by atoms with E-state index in [4.69, 9.17) is 0 Å². The molecule has 0 saturated heterocycles. The van der Waals surface area contributed by atoms with Crippen LogP contribution in [0, 0.1) is 0 Å². The summed E-state index contributed by atoms with van der Waals surface area (Å²) in [4.78, 5) is 9.08. The summed E-state index contributed by atoms with van der Waals surface area (Å²) >= 11 is 0. The average molecular weight is 477 g/mol. The maximum absolute atomic E-state index is 4.59. The second-order valence-electron chi connectivity index (χ2n) is 8.88. The van der Waals surface area contributed by atoms with Crippen molar-refractivity contribution in [2.24, 2.45) is 0 Å². The first kappa shape index (κ1) is 22.6. The van der Waals surface area contributed by atoms with Crippen molar-refractivity contribution in [3.63, 3.8) is 0 Å². The minimum Gasteiger partial charge on any atom is -0.236 e. The molecule has 1 aromatic heterocycles. The predicted molar refractivity (Wildman–Crippen MR) is 153 cm³/mol. The molecule has 0 amide bonds. The van der Waals surface area contributed by atoms with Crippen molar-refractivity contribution in [3.8, 4) is 22.5 Å². The number of quaternary nitrogens is 1. The molecule has 0 radical (unpaired) electrons. The Bertz CT molecular complexity index is 1490. The molecule has 176 valence electrons. The van der Waals surface area contributed by atoms with Gasteiger partial charge in [-0.3, -0.25) is 0 Å². The van der Waals surface area contributed by atoms with Crippen LogP contribution in [0.1, 0.15) is 0 Å². The molecule has 6 rings (SSSR count). The van der Waals surface area contributed by atoms with Crippen LogP contribution in [0.25, 0.3) is 22.5 Å². The summed E-state index contributed by atoms with van der Waals surface area (Å²) in [6, 6.07) is 53.0. The molecule has 0 aliphatic carbocycles. The molecule has 0 aliphatic heterocycles. The Morgan fingerprint density at radius 3 is 1.14 bits per heavy atom. The highest BCUT2D eigenvalue weighted by atomic mass is 15.4. The van der Waals surface area contributed by atoms with E-state index in [9.17, 15) is 0 Å². The number of hydrogen-bond acceptors (Lipinski definition) is 2. The van der Waals surface area contributed by atoms with E-state index < -0.39 is 0 Å². The lowest BCUT2D eigenvalue weighted by Gasteiger charge is -2.37. The summed E-state index contributed by atoms with van der Waals surface area (Å²) in [5.41, 5.74) is 8.59. The van der Waals surface area contributed by atoms with Gasteiger partial charge in [0, 0.05) is 59.7 Å². The number of rotatable bonds is 6. The third kappa shape index (κ3) is 4.22. The van der Waals surface area contributed by atoms with Crippen LogP contribution in [0.4, 0.5) is 22.7 Å². The van der Waals surface area contributed by atoms with E-state index in [1.165, 1.54) is 17.1 Å². The van der Waals surface area contributed by atoms with Gasteiger partial charge < -0.3 is 0 Å². The maximum atomic E-state index is 4.59. The smallest absolute Gasteiger partial charge is 0.148 e. The van der Waals surface area contributed by atoms with Crippen LogP contribution < -0.4 is 4.48 Å². The van der Waals surface area contributed by atoms with Crippen molar-refractivity contribution in [3.05, 3.63) is 158 Å². The van der Waals surface area contributed by atoms with Crippen molar-refractivity contribution >= 4 is 22.7 Å². The molecule has 5 aromatic carbocycles. The Morgan fingerprint density at radius 2 is 0.703 bits per heavy atom. The van der Waals surface area contributed by atoms with Gasteiger partial charge in [-0.25, -0.2) is 9.97 Å². The van der Waals surface area contributed by atoms with Gasteiger partial charge in [-0.05, 0) is 18.2 Å². The van der Waals surface area contributed by atoms with Crippen LogP contribution in [0.5, 0.6) is 0 Å². The van der Waals surface area contributed by atoms with Gasteiger partial charge in [0.25, 0.3) is 0 Å². The Morgan fingerprint density at radius 1 is 0.351 bits per heavy atom. The number of para-hydroxylation sites is 3. The second kappa shape index (κ2) is 10.0. The first-order valence-corrected chi connectivity index (χ1v) is 12.4. The molecule has 0 bridgehead atoms. The molecular weight excluding hydrogens is 450 g/mol. The third-order valence-corrected chi connectivity index (χ3v) is 6.72. The lowest BCUT2D eigenvalue weighted by atomic mass is 10.0. The van der Waals surface area contributed by atoms with Crippen LogP contribution in [0.2, 0.25) is 0 Å². The van der Waals surface area contributed by atoms with Gasteiger partial charge in [0.1, 0.15) is 29.1 Å². The third-order valence-electron chi connectivity index (χ3n) is 6.72. The Kier molecular flexibility index (Phi) is 6.12. The molecule has 0 N–H and O–H groups in total. The fourth-order valence-corrected chi connectivity index (χ4v) is 4.99. The first-order valence-electron chi connectivity index (χ1n) is 12.4. The van der Waals surface area contributed by atoms with Crippen LogP contribution in [-0.4, -0.2) is 9.97 Å². The standard InChI is InChI=1S/C34H26N3/c1-5-13-27(14-6-1)33-25-34(36-26-35-33)28-21-23-32(24-22-28)37(29-15-7-2-8-16-29,30-17-9-3-10-18-30)31-19-11-4-12-20-31/h1-26H/q+1. The first-order chi connectivity index (χ1) is 18.4. The summed E-state index contributed by atoms with van der Waals surface area (Å²) in [6.45, 7) is 0. The molecule has 1 heterocycles. The SMILES string of the molecule is c1ccc(-c2cc(-c3ccc([N+](c4ccccc4)(c4ccccc4)c4ccccc4)cc3)ncn2)cc1. The number of benzene rings is 5. The predicted octanol–water partition coefficient (Wildman–Crippen LogP) is 9.11. The zero-order chi connectivity index (χ0) is 24.9. The molecule has 0 aliphatic rings. The Hall–Kier alpha value is -4.86. The zero-order valence-electron chi connectivity index (χ0n) is 20.4. The molecule has 37 heavy (non-hydrogen) atoms. The molecule has 3 nitrogen and oxygen atoms in total. The highest BCUT2D eigenvalue weighted by Gasteiger charge is 2.38. The summed E-state index contributed by atoms with van der Waals surface area (Å²) < 4.78 is 0.474. The summed E-state index contributed by atoms with van der Waals surface area (Å²) in [5, 5.41) is 0. The molecule has 0 atom stereocenters. The van der Waals surface area contributed by atoms with E-state index >= 15 is 0 Å². The van der Waals surface area contributed by atoms with Crippen molar-refractivity contribution < 1.29 is 0 Å². The van der Waals surface area contributed by atoms with Gasteiger partial charge in [0.05, 0.1) is 11.4 Å². The summed E-state index contributed by atoms with van der Waals surface area (Å²) in [7, 11) is 0. The minimum atomic E-state index is 0.474. The van der Waals surface area contributed by atoms with Crippen molar-refractivity contribution in [1.82, 2.24) is 14.5 Å². The van der Waals surface area contributed by atoms with Gasteiger partial charge >= 0.3 is 0 Å². The van der Waals surface area contributed by atoms with Crippen LogP contribution in [0.3, 0.4) is 0 Å². The molecule has 0 spiro atoms. The molecule has 3 heteroatoms. The largest absolute Gasteiger partial charge is 0.236 e. The minimum absolute atomic E-state index is 0.474. The normalized spacial score (nSPS) is 11.2. The Labute approximate surface area is 217 Å². The summed E-state index contributed by atoms with van der Waals surface area (Å²) in [6.07, 6.45) is 1.64. The van der Waals surface area contributed by atoms with Crippen molar-refractivity contribution in [1.29, 1.82) is 0 Å². The van der Waals surface area contributed by atoms with E-state index in [0.717, 1.165) is 28.2 Å². The van der Waals surface area contributed by atoms with Gasteiger partial charge in [-0.2, -0.15) is 4.48 Å². The van der Waals surface area contributed by atoms with Gasteiger partial charge in [-0.1, -0.05) is 84.9 Å². The molecule has 0 saturated carbocycles. The maximum Gasteiger partial charge on any atom is 0.148 e. The highest BCUT2D eigenvalue weighted by Crippen LogP contribution is 2.51. The summed E-state index contributed by atoms with van der Waals surface area (Å²) in [5.74, 6) is 0. The van der Waals surface area contributed by atoms with E-state index in [-0.39, 0.29) is 0 Å². The number of hydrogen-bond donors (Lipinski definition) is 0. The number of nitrogens with zero attached hydrogens (tertiary/aromatic N) is 3. The topological polar surface area (TPSA) is 25.8 Å². The van der Waals surface area contributed by atoms with E-state index in [1.807, 2.05) is 18.2 Å². The van der Waals surface area contributed by atoms with Crippen molar-refractivity contribution in [2.45, 2.75) is 0 Å². The van der Waals surface area contributed by atoms with E-state index in [2.05, 4.69) is 143 Å². The lowest BCUT2D eigenvalue weighted by Crippen LogP contribution is -2.33. The van der Waals surface area contributed by atoms with Crippen LogP contribution in [-0.2, 0) is 0 Å². The lowest BCUT2D eigenvalue weighted by molar-refractivity contribution is 0.704. The molecule has 0 fully saturated rings. The monoisotopic (exact) mass is 476 g/mol. The Balaban J connectivity index is 1.51. The number of aromatic nitrogens is 2. The van der Waals surface area contributed by atoms with Crippen LogP contribution in [0.15, 0.2) is 158 Å². The fraction of sp³-hybridized carbons (Fsp3) is 0. The second-order valence-corrected chi connectivity index (χ2v) is 8.88.